The summed E-state index contributed by atoms with van der Waals surface area (Å²) in [6.45, 7) is 1.68. The van der Waals surface area contributed by atoms with Gasteiger partial charge in [-0.1, -0.05) is 5.16 Å². The number of benzene rings is 1. The van der Waals surface area contributed by atoms with E-state index in [-0.39, 0.29) is 22.7 Å². The predicted octanol–water partition coefficient (Wildman–Crippen LogP) is 3.39. The third-order valence-corrected chi connectivity index (χ3v) is 4.82. The maximum absolute atomic E-state index is 12.9. The first-order valence-electron chi connectivity index (χ1n) is 9.28. The fraction of sp³-hybridized carbons (Fsp3) is 0.158. The van der Waals surface area contributed by atoms with E-state index in [4.69, 9.17) is 4.52 Å². The molecule has 0 unspecified atom stereocenters. The number of nitrogens with zero attached hydrogens (tertiary/aromatic N) is 5. The van der Waals surface area contributed by atoms with Gasteiger partial charge >= 0.3 is 6.18 Å². The van der Waals surface area contributed by atoms with Gasteiger partial charge in [0.25, 0.3) is 5.91 Å². The Labute approximate surface area is 176 Å². The van der Waals surface area contributed by atoms with Crippen LogP contribution in [-0.4, -0.2) is 41.2 Å². The Hall–Kier alpha value is -4.29. The summed E-state index contributed by atoms with van der Waals surface area (Å²) >= 11 is 0. The lowest BCUT2D eigenvalue weighted by Crippen LogP contribution is -2.27. The molecule has 0 saturated heterocycles. The van der Waals surface area contributed by atoms with Crippen LogP contribution in [0, 0.1) is 0 Å². The Kier molecular flexibility index (Phi) is 4.39. The number of aromatic amines is 2. The van der Waals surface area contributed by atoms with Crippen LogP contribution in [0.1, 0.15) is 34.8 Å². The van der Waals surface area contributed by atoms with Crippen LogP contribution in [0.3, 0.4) is 0 Å². The Balaban J connectivity index is 1.37. The van der Waals surface area contributed by atoms with E-state index >= 15 is 0 Å². The molecule has 4 heterocycles. The predicted molar refractivity (Wildman–Crippen MR) is 104 cm³/mol. The number of H-pyrrole nitrogens is 2. The van der Waals surface area contributed by atoms with Crippen molar-refractivity contribution in [2.45, 2.75) is 19.1 Å². The number of imidazole rings is 1. The molecule has 4 aromatic heterocycles. The molecular weight excluding hydrogens is 429 g/mol. The number of rotatable bonds is 4. The minimum atomic E-state index is -4.46. The number of amides is 1. The highest BCUT2D eigenvalue weighted by Crippen LogP contribution is 2.32. The van der Waals surface area contributed by atoms with Crippen molar-refractivity contribution in [1.82, 2.24) is 40.6 Å². The van der Waals surface area contributed by atoms with E-state index < -0.39 is 23.7 Å². The van der Waals surface area contributed by atoms with Crippen LogP contribution in [0.5, 0.6) is 0 Å². The van der Waals surface area contributed by atoms with Gasteiger partial charge in [0.05, 0.1) is 34.2 Å². The van der Waals surface area contributed by atoms with Gasteiger partial charge in [-0.25, -0.2) is 15.0 Å². The van der Waals surface area contributed by atoms with Crippen molar-refractivity contribution in [3.05, 3.63) is 53.8 Å². The van der Waals surface area contributed by atoms with E-state index in [0.29, 0.717) is 22.3 Å². The molecule has 162 valence electrons. The van der Waals surface area contributed by atoms with Crippen LogP contribution in [0.4, 0.5) is 13.2 Å². The van der Waals surface area contributed by atoms with Crippen molar-refractivity contribution in [2.24, 2.45) is 0 Å². The second kappa shape index (κ2) is 7.14. The topological polar surface area (TPSA) is 138 Å². The van der Waals surface area contributed by atoms with Crippen molar-refractivity contribution in [2.75, 3.05) is 0 Å². The monoisotopic (exact) mass is 442 g/mol. The Morgan fingerprint density at radius 3 is 2.88 bits per heavy atom. The zero-order valence-electron chi connectivity index (χ0n) is 16.2. The highest BCUT2D eigenvalue weighted by atomic mass is 19.4. The van der Waals surface area contributed by atoms with Gasteiger partial charge in [0.2, 0.25) is 0 Å². The molecule has 10 nitrogen and oxygen atoms in total. The molecule has 3 N–H and O–H groups in total. The van der Waals surface area contributed by atoms with Crippen molar-refractivity contribution in [3.8, 4) is 11.5 Å². The molecule has 0 bridgehead atoms. The maximum Gasteiger partial charge on any atom is 0.416 e. The van der Waals surface area contributed by atoms with Crippen LogP contribution >= 0.6 is 0 Å². The smallest absolute Gasteiger partial charge is 0.358 e. The van der Waals surface area contributed by atoms with Gasteiger partial charge < -0.3 is 14.8 Å². The second-order valence-electron chi connectivity index (χ2n) is 6.98. The van der Waals surface area contributed by atoms with Crippen molar-refractivity contribution < 1.29 is 22.5 Å². The lowest BCUT2D eigenvalue weighted by molar-refractivity contribution is -0.137. The third kappa shape index (κ3) is 3.42. The zero-order chi connectivity index (χ0) is 22.5. The van der Waals surface area contributed by atoms with Gasteiger partial charge in [0.1, 0.15) is 17.7 Å². The summed E-state index contributed by atoms with van der Waals surface area (Å²) in [5.41, 5.74) is 0.644. The van der Waals surface area contributed by atoms with Crippen LogP contribution < -0.4 is 5.32 Å². The summed E-state index contributed by atoms with van der Waals surface area (Å²) in [6.07, 6.45) is -1.76. The molecule has 0 aliphatic carbocycles. The molecule has 0 saturated carbocycles. The maximum atomic E-state index is 12.9. The molecule has 0 aliphatic heterocycles. The van der Waals surface area contributed by atoms with Crippen molar-refractivity contribution in [3.63, 3.8) is 0 Å². The molecule has 5 rings (SSSR count). The van der Waals surface area contributed by atoms with Gasteiger partial charge in [0, 0.05) is 6.07 Å². The molecule has 0 radical (unpaired) electrons. The van der Waals surface area contributed by atoms with E-state index in [1.807, 2.05) is 0 Å². The number of hydrogen-bond acceptors (Lipinski definition) is 7. The molecular formula is C19H13F3N8O2. The van der Waals surface area contributed by atoms with Crippen LogP contribution in [-0.2, 0) is 6.18 Å². The van der Waals surface area contributed by atoms with Crippen molar-refractivity contribution in [1.29, 1.82) is 0 Å². The molecule has 0 fully saturated rings. The summed E-state index contributed by atoms with van der Waals surface area (Å²) in [7, 11) is 0. The first-order chi connectivity index (χ1) is 15.3. The van der Waals surface area contributed by atoms with Gasteiger partial charge in [-0.15, -0.1) is 0 Å². The first-order valence-corrected chi connectivity index (χ1v) is 9.28. The molecule has 32 heavy (non-hydrogen) atoms. The number of carbonyl (C=O) groups is 1. The van der Waals surface area contributed by atoms with Gasteiger partial charge in [-0.3, -0.25) is 9.89 Å². The summed E-state index contributed by atoms with van der Waals surface area (Å²) < 4.78 is 44.1. The SMILES string of the molecule is C[C@@H](NC(=O)c1ncnc2[nH]ncc12)c1cc(-c2nc3ccc(C(F)(F)F)cc3[nH]2)no1. The average Bonchev–Trinajstić information content (AvgIpc) is 3.50. The van der Waals surface area contributed by atoms with E-state index in [1.54, 1.807) is 13.0 Å². The van der Waals surface area contributed by atoms with Crippen LogP contribution in [0.25, 0.3) is 33.6 Å². The number of halogens is 3. The summed E-state index contributed by atoms with van der Waals surface area (Å²) in [5.74, 6) is 0.0960. The van der Waals surface area contributed by atoms with Gasteiger partial charge in [-0.2, -0.15) is 18.3 Å². The minimum Gasteiger partial charge on any atom is -0.358 e. The van der Waals surface area contributed by atoms with Crippen LogP contribution in [0.2, 0.25) is 0 Å². The van der Waals surface area contributed by atoms with E-state index in [0.717, 1.165) is 12.1 Å². The highest BCUT2D eigenvalue weighted by molar-refractivity contribution is 6.03. The number of fused-ring (bicyclic) bond motifs is 2. The Bertz CT molecular complexity index is 1450. The van der Waals surface area contributed by atoms with E-state index in [1.165, 1.54) is 18.6 Å². The third-order valence-electron chi connectivity index (χ3n) is 4.82. The minimum absolute atomic E-state index is 0.146. The van der Waals surface area contributed by atoms with Gasteiger partial charge in [-0.05, 0) is 25.1 Å². The zero-order valence-corrected chi connectivity index (χ0v) is 16.2. The van der Waals surface area contributed by atoms with Crippen LogP contribution in [0.15, 0.2) is 41.3 Å². The molecule has 0 aliphatic rings. The molecule has 0 spiro atoms. The standard InChI is InChI=1S/C19H13F3N8O2/c1-8(26-18(31)15-10-6-25-29-16(10)24-7-23-15)14-5-13(30-32-14)17-27-11-3-2-9(19(20,21)22)4-12(11)28-17/h2-8H,1H3,(H,26,31)(H,27,28)(H,23,24,25,29)/t8-/m1/s1. The number of alkyl halides is 3. The molecule has 1 amide bonds. The summed E-state index contributed by atoms with van der Waals surface area (Å²) in [4.78, 5) is 27.7. The lowest BCUT2D eigenvalue weighted by Gasteiger charge is -2.10. The summed E-state index contributed by atoms with van der Waals surface area (Å²) in [6, 6.07) is 4.18. The molecule has 1 aromatic carbocycles. The number of aromatic nitrogens is 7. The fourth-order valence-corrected chi connectivity index (χ4v) is 3.19. The Morgan fingerprint density at radius 2 is 2.06 bits per heavy atom. The average molecular weight is 442 g/mol. The quantitative estimate of drug-likeness (QED) is 0.388. The fourth-order valence-electron chi connectivity index (χ4n) is 3.19. The van der Waals surface area contributed by atoms with E-state index in [2.05, 4.69) is 40.6 Å². The van der Waals surface area contributed by atoms with Gasteiger partial charge in [0.15, 0.2) is 17.2 Å². The summed E-state index contributed by atoms with van der Waals surface area (Å²) in [5, 5.41) is 13.6. The molecule has 13 heteroatoms. The molecule has 5 aromatic rings. The number of hydrogen-bond donors (Lipinski definition) is 3. The second-order valence-corrected chi connectivity index (χ2v) is 6.98. The first kappa shape index (κ1) is 19.7. The largest absolute Gasteiger partial charge is 0.416 e. The molecule has 1 atom stereocenters. The normalized spacial score (nSPS) is 13.0. The van der Waals surface area contributed by atoms with Crippen molar-refractivity contribution >= 4 is 28.0 Å². The number of carbonyl (C=O) groups excluding carboxylic acids is 1. The lowest BCUT2D eigenvalue weighted by atomic mass is 10.2. The van der Waals surface area contributed by atoms with E-state index in [9.17, 15) is 18.0 Å². The number of nitrogens with one attached hydrogen (secondary N) is 3. The highest BCUT2D eigenvalue weighted by Gasteiger charge is 2.31. The Morgan fingerprint density at radius 1 is 1.22 bits per heavy atom.